The molecule has 0 aliphatic carbocycles. The number of aryl methyl sites for hydroxylation is 2. The standard InChI is InChI=1S/C12H16N2O5S/c1-6-11(7(2)19-13-6)20(16,17)14-12(15)9-5-8-3-4-10(9)18-8/h8-10H,3-5H2,1-2H3,(H,14,15). The number of sulfonamides is 1. The second kappa shape index (κ2) is 4.56. The summed E-state index contributed by atoms with van der Waals surface area (Å²) in [5.41, 5.74) is 0.243. The molecule has 0 saturated carbocycles. The monoisotopic (exact) mass is 300 g/mol. The molecule has 1 aromatic rings. The number of fused-ring (bicyclic) bond motifs is 2. The van der Waals surface area contributed by atoms with Crippen LogP contribution in [0.5, 0.6) is 0 Å². The summed E-state index contributed by atoms with van der Waals surface area (Å²) in [7, 11) is -3.94. The van der Waals surface area contributed by atoms with E-state index >= 15 is 0 Å². The number of aromatic nitrogens is 1. The van der Waals surface area contributed by atoms with Crippen LogP contribution in [-0.2, 0) is 19.6 Å². The lowest BCUT2D eigenvalue weighted by molar-refractivity contribution is -0.124. The third-order valence-corrected chi connectivity index (χ3v) is 5.50. The Bertz CT molecular complexity index is 631. The molecule has 20 heavy (non-hydrogen) atoms. The predicted molar refractivity (Wildman–Crippen MR) is 67.3 cm³/mol. The molecule has 0 radical (unpaired) electrons. The number of nitrogens with one attached hydrogen (secondary N) is 1. The summed E-state index contributed by atoms with van der Waals surface area (Å²) >= 11 is 0. The Hall–Kier alpha value is -1.41. The molecule has 0 aromatic carbocycles. The maximum atomic E-state index is 12.2. The summed E-state index contributed by atoms with van der Waals surface area (Å²) in [6.07, 6.45) is 2.30. The molecular weight excluding hydrogens is 284 g/mol. The minimum absolute atomic E-state index is 0.0603. The minimum Gasteiger partial charge on any atom is -0.374 e. The highest BCUT2D eigenvalue weighted by molar-refractivity contribution is 7.90. The van der Waals surface area contributed by atoms with Crippen molar-refractivity contribution < 1.29 is 22.5 Å². The van der Waals surface area contributed by atoms with Crippen molar-refractivity contribution in [3.05, 3.63) is 11.5 Å². The molecule has 3 unspecified atom stereocenters. The average molecular weight is 300 g/mol. The molecule has 110 valence electrons. The van der Waals surface area contributed by atoms with Crippen molar-refractivity contribution in [3.8, 4) is 0 Å². The van der Waals surface area contributed by atoms with Crippen molar-refractivity contribution in [2.24, 2.45) is 5.92 Å². The first-order valence-electron chi connectivity index (χ1n) is 6.53. The van der Waals surface area contributed by atoms with Crippen molar-refractivity contribution in [2.45, 2.75) is 50.2 Å². The van der Waals surface area contributed by atoms with Crippen LogP contribution in [-0.4, -0.2) is 31.7 Å². The topological polar surface area (TPSA) is 98.5 Å². The van der Waals surface area contributed by atoms with E-state index < -0.39 is 15.9 Å². The third-order valence-electron chi connectivity index (χ3n) is 3.91. The van der Waals surface area contributed by atoms with Crippen molar-refractivity contribution >= 4 is 15.9 Å². The Labute approximate surface area is 116 Å². The zero-order valence-corrected chi connectivity index (χ0v) is 12.1. The molecule has 2 fully saturated rings. The van der Waals surface area contributed by atoms with E-state index in [1.54, 1.807) is 0 Å². The van der Waals surface area contributed by atoms with Crippen molar-refractivity contribution in [1.82, 2.24) is 9.88 Å². The van der Waals surface area contributed by atoms with E-state index in [4.69, 9.17) is 9.26 Å². The van der Waals surface area contributed by atoms with Gasteiger partial charge < -0.3 is 9.26 Å². The van der Waals surface area contributed by atoms with Crippen LogP contribution in [0.3, 0.4) is 0 Å². The largest absolute Gasteiger partial charge is 0.374 e. The molecule has 7 nitrogen and oxygen atoms in total. The second-order valence-electron chi connectivity index (χ2n) is 5.34. The molecule has 1 amide bonds. The van der Waals surface area contributed by atoms with Crippen molar-refractivity contribution in [2.75, 3.05) is 0 Å². The lowest BCUT2D eigenvalue weighted by Gasteiger charge is -2.17. The van der Waals surface area contributed by atoms with E-state index in [1.165, 1.54) is 13.8 Å². The molecule has 1 N–H and O–H groups in total. The van der Waals surface area contributed by atoms with Crippen LogP contribution < -0.4 is 4.72 Å². The summed E-state index contributed by atoms with van der Waals surface area (Å²) in [5.74, 6) is -0.715. The quantitative estimate of drug-likeness (QED) is 0.880. The summed E-state index contributed by atoms with van der Waals surface area (Å²) in [4.78, 5) is 12.1. The first kappa shape index (κ1) is 13.6. The van der Waals surface area contributed by atoms with Crippen LogP contribution in [0, 0.1) is 19.8 Å². The number of rotatable bonds is 3. The fourth-order valence-electron chi connectivity index (χ4n) is 3.03. The van der Waals surface area contributed by atoms with Gasteiger partial charge in [-0.3, -0.25) is 4.79 Å². The van der Waals surface area contributed by atoms with Gasteiger partial charge in [0.05, 0.1) is 18.1 Å². The zero-order valence-electron chi connectivity index (χ0n) is 11.3. The average Bonchev–Trinajstić information content (AvgIpc) is 3.04. The Morgan fingerprint density at radius 2 is 2.10 bits per heavy atom. The van der Waals surface area contributed by atoms with Crippen molar-refractivity contribution in [1.29, 1.82) is 0 Å². The van der Waals surface area contributed by atoms with Gasteiger partial charge in [0.1, 0.15) is 5.69 Å². The van der Waals surface area contributed by atoms with Crippen LogP contribution in [0.1, 0.15) is 30.7 Å². The van der Waals surface area contributed by atoms with Crippen LogP contribution in [0.2, 0.25) is 0 Å². The number of hydrogen-bond donors (Lipinski definition) is 1. The Kier molecular flexibility index (Phi) is 3.09. The van der Waals surface area contributed by atoms with Crippen LogP contribution in [0.4, 0.5) is 0 Å². The predicted octanol–water partition coefficient (Wildman–Crippen LogP) is 0.664. The van der Waals surface area contributed by atoms with Gasteiger partial charge in [-0.15, -0.1) is 0 Å². The van der Waals surface area contributed by atoms with Gasteiger partial charge in [-0.25, -0.2) is 13.1 Å². The molecule has 3 heterocycles. The normalized spacial score (nSPS) is 28.8. The van der Waals surface area contributed by atoms with E-state index in [1.807, 2.05) is 0 Å². The Morgan fingerprint density at radius 1 is 1.35 bits per heavy atom. The Balaban J connectivity index is 1.79. The fraction of sp³-hybridized carbons (Fsp3) is 0.667. The van der Waals surface area contributed by atoms with E-state index in [0.717, 1.165) is 12.8 Å². The van der Waals surface area contributed by atoms with E-state index in [9.17, 15) is 13.2 Å². The summed E-state index contributed by atoms with van der Waals surface area (Å²) in [6.45, 7) is 3.02. The van der Waals surface area contributed by atoms with Crippen LogP contribution in [0.15, 0.2) is 9.42 Å². The first-order chi connectivity index (χ1) is 9.38. The summed E-state index contributed by atoms with van der Waals surface area (Å²) in [5, 5.41) is 3.60. The van der Waals surface area contributed by atoms with Crippen LogP contribution >= 0.6 is 0 Å². The third kappa shape index (κ3) is 2.12. The summed E-state index contributed by atoms with van der Waals surface area (Å²) < 4.78 is 37.0. The number of carbonyl (C=O) groups excluding carboxylic acids is 1. The van der Waals surface area contributed by atoms with Gasteiger partial charge in [0.15, 0.2) is 10.7 Å². The second-order valence-corrected chi connectivity index (χ2v) is 6.96. The molecular formula is C12H16N2O5S. The van der Waals surface area contributed by atoms with Gasteiger partial charge in [0.2, 0.25) is 5.91 Å². The van der Waals surface area contributed by atoms with Gasteiger partial charge in [-0.2, -0.15) is 0 Å². The summed E-state index contributed by atoms with van der Waals surface area (Å²) in [6, 6.07) is 0. The molecule has 3 rings (SSSR count). The molecule has 2 aliphatic heterocycles. The highest BCUT2D eigenvalue weighted by Gasteiger charge is 2.45. The molecule has 1 aromatic heterocycles. The lowest BCUT2D eigenvalue weighted by Crippen LogP contribution is -2.39. The van der Waals surface area contributed by atoms with E-state index in [-0.39, 0.29) is 34.5 Å². The number of ether oxygens (including phenoxy) is 1. The zero-order chi connectivity index (χ0) is 14.5. The number of carbonyl (C=O) groups is 1. The highest BCUT2D eigenvalue weighted by atomic mass is 32.2. The SMILES string of the molecule is Cc1noc(C)c1S(=O)(=O)NC(=O)C1CC2CCC1O2. The molecule has 2 aliphatic rings. The number of nitrogens with zero attached hydrogens (tertiary/aromatic N) is 1. The van der Waals surface area contributed by atoms with Gasteiger partial charge in [-0.1, -0.05) is 5.16 Å². The Morgan fingerprint density at radius 3 is 2.60 bits per heavy atom. The molecule has 8 heteroatoms. The van der Waals surface area contributed by atoms with Gasteiger partial charge in [0, 0.05) is 0 Å². The van der Waals surface area contributed by atoms with Gasteiger partial charge in [0.25, 0.3) is 10.0 Å². The number of amides is 1. The van der Waals surface area contributed by atoms with Crippen LogP contribution in [0.25, 0.3) is 0 Å². The highest BCUT2D eigenvalue weighted by Crippen LogP contribution is 2.39. The maximum absolute atomic E-state index is 12.2. The maximum Gasteiger partial charge on any atom is 0.269 e. The van der Waals surface area contributed by atoms with E-state index in [0.29, 0.717) is 6.42 Å². The van der Waals surface area contributed by atoms with Gasteiger partial charge in [-0.05, 0) is 33.1 Å². The minimum atomic E-state index is -3.94. The van der Waals surface area contributed by atoms with Crippen molar-refractivity contribution in [3.63, 3.8) is 0 Å². The molecule has 2 saturated heterocycles. The molecule has 2 bridgehead atoms. The molecule has 3 atom stereocenters. The lowest BCUT2D eigenvalue weighted by atomic mass is 9.89. The molecule has 0 spiro atoms. The van der Waals surface area contributed by atoms with E-state index in [2.05, 4.69) is 9.88 Å². The smallest absolute Gasteiger partial charge is 0.269 e. The van der Waals surface area contributed by atoms with Gasteiger partial charge >= 0.3 is 0 Å². The fourth-order valence-corrected chi connectivity index (χ4v) is 4.39. The first-order valence-corrected chi connectivity index (χ1v) is 8.02. The number of hydrogen-bond acceptors (Lipinski definition) is 6.